The number of aryl methyl sites for hydroxylation is 2. The molecule has 1 unspecified atom stereocenters. The highest BCUT2D eigenvalue weighted by Gasteiger charge is 2.34. The fourth-order valence-electron chi connectivity index (χ4n) is 4.57. The van der Waals surface area contributed by atoms with Gasteiger partial charge in [0.15, 0.2) is 15.0 Å². The van der Waals surface area contributed by atoms with E-state index in [1.54, 1.807) is 17.9 Å². The molecule has 0 saturated carbocycles. The number of rotatable bonds is 12. The number of primary sulfonamides is 1. The third-order valence-corrected chi connectivity index (χ3v) is 9.88. The van der Waals surface area contributed by atoms with Gasteiger partial charge in [0.05, 0.1) is 12.7 Å². The van der Waals surface area contributed by atoms with E-state index in [9.17, 15) is 26.2 Å². The van der Waals surface area contributed by atoms with E-state index >= 15 is 0 Å². The highest BCUT2D eigenvalue weighted by atomic mass is 32.2. The van der Waals surface area contributed by atoms with Crippen molar-refractivity contribution in [3.05, 3.63) is 46.4 Å². The molecule has 0 aliphatic carbocycles. The van der Waals surface area contributed by atoms with Crippen molar-refractivity contribution in [2.45, 2.75) is 61.6 Å². The topological polar surface area (TPSA) is 163 Å². The molecule has 1 fully saturated rings. The van der Waals surface area contributed by atoms with Gasteiger partial charge in [0.1, 0.15) is 5.75 Å². The van der Waals surface area contributed by atoms with E-state index in [1.807, 2.05) is 0 Å². The maximum atomic E-state index is 13.0. The van der Waals surface area contributed by atoms with E-state index < -0.39 is 21.9 Å². The lowest BCUT2D eigenvalue weighted by Crippen LogP contribution is -2.38. The van der Waals surface area contributed by atoms with Crippen molar-refractivity contribution in [3.63, 3.8) is 0 Å². The molecule has 1 amide bonds. The lowest BCUT2D eigenvalue weighted by Gasteiger charge is -2.32. The van der Waals surface area contributed by atoms with Gasteiger partial charge in [0.25, 0.3) is 5.25 Å². The molecule has 1 saturated heterocycles. The fraction of sp³-hybridized carbons (Fsp3) is 0.522. The normalized spacial score (nSPS) is 15.4. The van der Waals surface area contributed by atoms with Gasteiger partial charge in [-0.1, -0.05) is 17.4 Å². The molecule has 1 aromatic carbocycles. The van der Waals surface area contributed by atoms with Crippen molar-refractivity contribution >= 4 is 38.9 Å². The molecule has 1 aliphatic rings. The van der Waals surface area contributed by atoms with Crippen LogP contribution < -0.4 is 9.88 Å². The van der Waals surface area contributed by atoms with Crippen LogP contribution >= 0.6 is 11.3 Å². The van der Waals surface area contributed by atoms with Crippen LogP contribution in [0.25, 0.3) is 0 Å². The summed E-state index contributed by atoms with van der Waals surface area (Å²) in [5.74, 6) is 0.636. The minimum atomic E-state index is -3.87. The number of thiazole rings is 1. The summed E-state index contributed by atoms with van der Waals surface area (Å²) >= 11 is 1.29. The Kier molecular flexibility index (Phi) is 9.81. The number of amides is 1. The van der Waals surface area contributed by atoms with E-state index in [2.05, 4.69) is 25.1 Å². The number of aromatic nitrogens is 5. The molecule has 216 valence electrons. The summed E-state index contributed by atoms with van der Waals surface area (Å²) in [6.07, 6.45) is 3.73. The number of hydrogen-bond donors (Lipinski definition) is 1. The average Bonchev–Trinajstić information content (AvgIpc) is 3.56. The minimum Gasteiger partial charge on any atom is -0.435 e. The standard InChI is InChI=1S/C23H28F2N7O5S3/c1-14-28-30-32(29-14)13-17-11-18(37-23(24)25)4-2-16(17)3-5-20(33)31-8-6-15(7-9-31)10-19(39-34)22-27-12-21(38-22)40(26,35)36/h2,4,11-12,15,19,23H,3,5-10,13H2,1H3,(H2,26,35,36)/q+1. The number of ether oxygens (including phenoxy) is 1. The molecule has 2 aromatic heterocycles. The zero-order valence-electron chi connectivity index (χ0n) is 21.5. The molecule has 2 N–H and O–H groups in total. The zero-order chi connectivity index (χ0) is 28.9. The van der Waals surface area contributed by atoms with Crippen molar-refractivity contribution in [1.29, 1.82) is 0 Å². The third-order valence-electron chi connectivity index (χ3n) is 6.56. The molecule has 40 heavy (non-hydrogen) atoms. The van der Waals surface area contributed by atoms with Gasteiger partial charge in [-0.3, -0.25) is 4.79 Å². The number of nitrogens with two attached hydrogens (primary N) is 1. The smallest absolute Gasteiger partial charge is 0.435 e. The maximum absolute atomic E-state index is 13.0. The summed E-state index contributed by atoms with van der Waals surface area (Å²) in [5.41, 5.74) is 1.44. The second-order valence-corrected chi connectivity index (χ2v) is 13.0. The number of carbonyl (C=O) groups is 1. The van der Waals surface area contributed by atoms with Crippen molar-refractivity contribution in [2.24, 2.45) is 11.1 Å². The first kappa shape index (κ1) is 30.0. The van der Waals surface area contributed by atoms with Gasteiger partial charge < -0.3 is 9.64 Å². The molecular formula is C23H28F2N7O5S3+. The van der Waals surface area contributed by atoms with Crippen LogP contribution in [0.4, 0.5) is 8.78 Å². The summed E-state index contributed by atoms with van der Waals surface area (Å²) in [6.45, 7) is -0.0103. The monoisotopic (exact) mass is 616 g/mol. The van der Waals surface area contributed by atoms with Gasteiger partial charge in [-0.25, -0.2) is 18.5 Å². The second-order valence-electron chi connectivity index (χ2n) is 9.38. The van der Waals surface area contributed by atoms with Gasteiger partial charge >= 0.3 is 18.3 Å². The fourth-order valence-corrected chi connectivity index (χ4v) is 6.89. The SMILES string of the molecule is Cc1nnn(Cc2cc(OC(F)F)ccc2CCC(=O)N2CCC(CC([S+]=O)c3ncc(S(N)(=O)=O)s3)CC2)n1. The number of nitrogens with zero attached hydrogens (tertiary/aromatic N) is 6. The minimum absolute atomic E-state index is 0.00663. The lowest BCUT2D eigenvalue weighted by atomic mass is 9.91. The van der Waals surface area contributed by atoms with Crippen molar-refractivity contribution in [3.8, 4) is 5.75 Å². The highest BCUT2D eigenvalue weighted by molar-refractivity contribution is 7.91. The quantitative estimate of drug-likeness (QED) is 0.301. The molecule has 4 rings (SSSR count). The van der Waals surface area contributed by atoms with E-state index in [4.69, 9.17) is 5.14 Å². The predicted molar refractivity (Wildman–Crippen MR) is 141 cm³/mol. The first-order valence-corrected chi connectivity index (χ1v) is 15.5. The molecule has 12 nitrogen and oxygen atoms in total. The van der Waals surface area contributed by atoms with Crippen LogP contribution in [0.5, 0.6) is 5.75 Å². The van der Waals surface area contributed by atoms with Crippen LogP contribution in [-0.2, 0) is 43.7 Å². The van der Waals surface area contributed by atoms with Crippen LogP contribution in [0.1, 0.15) is 52.9 Å². The number of tetrazole rings is 1. The molecule has 17 heteroatoms. The molecule has 0 bridgehead atoms. The van der Waals surface area contributed by atoms with Gasteiger partial charge in [0, 0.05) is 30.1 Å². The van der Waals surface area contributed by atoms with Crippen molar-refractivity contribution in [1.82, 2.24) is 30.1 Å². The Hall–Kier alpha value is -3.02. The van der Waals surface area contributed by atoms with Crippen LogP contribution in [0.3, 0.4) is 0 Å². The number of hydrogen-bond acceptors (Lipinski definition) is 10. The summed E-state index contributed by atoms with van der Waals surface area (Å²) in [6, 6.07) is 4.60. The van der Waals surface area contributed by atoms with Crippen molar-refractivity contribution < 1.29 is 30.9 Å². The second kappa shape index (κ2) is 13.1. The Balaban J connectivity index is 1.32. The molecule has 3 heterocycles. The Morgan fingerprint density at radius 3 is 2.62 bits per heavy atom. The van der Waals surface area contributed by atoms with Crippen molar-refractivity contribution in [2.75, 3.05) is 13.1 Å². The van der Waals surface area contributed by atoms with E-state index in [0.29, 0.717) is 66.8 Å². The number of halogens is 2. The molecule has 0 spiro atoms. The Bertz CT molecular complexity index is 1440. The third kappa shape index (κ3) is 8.02. The number of carbonyl (C=O) groups excluding carboxylic acids is 1. The zero-order valence-corrected chi connectivity index (χ0v) is 23.9. The highest BCUT2D eigenvalue weighted by Crippen LogP contribution is 2.33. The Morgan fingerprint density at radius 2 is 2.02 bits per heavy atom. The summed E-state index contributed by atoms with van der Waals surface area (Å²) in [4.78, 5) is 20.2. The van der Waals surface area contributed by atoms with E-state index in [-0.39, 0.29) is 34.7 Å². The van der Waals surface area contributed by atoms with Gasteiger partial charge in [-0.15, -0.1) is 10.2 Å². The molecule has 1 atom stereocenters. The number of likely N-dealkylation sites (tertiary alicyclic amines) is 1. The van der Waals surface area contributed by atoms with Gasteiger partial charge in [-0.2, -0.15) is 13.6 Å². The average molecular weight is 617 g/mol. The number of benzene rings is 1. The molecule has 1 aliphatic heterocycles. The summed E-state index contributed by atoms with van der Waals surface area (Å²) in [5, 5.41) is 17.0. The van der Waals surface area contributed by atoms with Gasteiger partial charge in [-0.05, 0) is 60.6 Å². The van der Waals surface area contributed by atoms with E-state index in [0.717, 1.165) is 16.9 Å². The maximum Gasteiger partial charge on any atom is 0.469 e. The summed E-state index contributed by atoms with van der Waals surface area (Å²) in [7, 11) is -3.87. The lowest BCUT2D eigenvalue weighted by molar-refractivity contribution is -0.132. The largest absolute Gasteiger partial charge is 0.469 e. The van der Waals surface area contributed by atoms with Crippen LogP contribution in [0.2, 0.25) is 0 Å². The summed E-state index contributed by atoms with van der Waals surface area (Å²) < 4.78 is 64.7. The first-order valence-electron chi connectivity index (χ1n) is 12.4. The molecule has 3 aromatic rings. The Morgan fingerprint density at radius 1 is 1.27 bits per heavy atom. The number of piperidine rings is 1. The van der Waals surface area contributed by atoms with Gasteiger partial charge in [0.2, 0.25) is 15.9 Å². The predicted octanol–water partition coefficient (Wildman–Crippen LogP) is 2.47. The van der Waals surface area contributed by atoms with Crippen LogP contribution in [0.15, 0.2) is 28.6 Å². The number of alkyl halides is 2. The molecular weight excluding hydrogens is 588 g/mol. The van der Waals surface area contributed by atoms with Crippen LogP contribution in [-0.4, -0.2) is 64.1 Å². The Labute approximate surface area is 237 Å². The van der Waals surface area contributed by atoms with E-state index in [1.165, 1.54) is 23.1 Å². The number of sulfonamides is 1. The molecule has 0 radical (unpaired) electrons. The van der Waals surface area contributed by atoms with Crippen LogP contribution in [0, 0.1) is 12.8 Å². The first-order chi connectivity index (χ1) is 19.0.